The van der Waals surface area contributed by atoms with Crippen LogP contribution in [-0.4, -0.2) is 23.5 Å². The van der Waals surface area contributed by atoms with Crippen molar-refractivity contribution < 1.29 is 4.79 Å². The molecule has 3 N–H and O–H groups in total. The minimum atomic E-state index is 0.182. The molecule has 0 radical (unpaired) electrons. The van der Waals surface area contributed by atoms with Gasteiger partial charge in [0, 0.05) is 41.1 Å². The summed E-state index contributed by atoms with van der Waals surface area (Å²) in [7, 11) is 0. The van der Waals surface area contributed by atoms with Gasteiger partial charge in [-0.25, -0.2) is 0 Å². The maximum atomic E-state index is 11.5. The van der Waals surface area contributed by atoms with Gasteiger partial charge in [0.1, 0.15) is 0 Å². The Kier molecular flexibility index (Phi) is 4.46. The molecule has 1 aromatic heterocycles. The Morgan fingerprint density at radius 3 is 3.05 bits per heavy atom. The summed E-state index contributed by atoms with van der Waals surface area (Å²) >= 11 is 5.97. The number of aromatic nitrogens is 1. The third-order valence-electron chi connectivity index (χ3n) is 3.74. The van der Waals surface area contributed by atoms with Crippen molar-refractivity contribution in [1.29, 1.82) is 0 Å². The highest BCUT2D eigenvalue weighted by Crippen LogP contribution is 2.22. The number of carbonyl (C=O) groups excluding carboxylic acids is 1. The number of carbonyl (C=O) groups is 1. The molecule has 1 aliphatic carbocycles. The number of rotatable bonds is 7. The first kappa shape index (κ1) is 14.4. The number of hydrogen-bond donors (Lipinski definition) is 3. The van der Waals surface area contributed by atoms with Crippen molar-refractivity contribution >= 4 is 28.4 Å². The smallest absolute Gasteiger partial charge is 0.220 e. The van der Waals surface area contributed by atoms with E-state index < -0.39 is 0 Å². The molecule has 3 rings (SSSR count). The van der Waals surface area contributed by atoms with Crippen LogP contribution < -0.4 is 10.6 Å². The fourth-order valence-corrected chi connectivity index (χ4v) is 2.60. The van der Waals surface area contributed by atoms with Crippen LogP contribution in [0.25, 0.3) is 10.9 Å². The van der Waals surface area contributed by atoms with Crippen molar-refractivity contribution in [3.05, 3.63) is 35.0 Å². The summed E-state index contributed by atoms with van der Waals surface area (Å²) in [6.45, 7) is 1.64. The predicted octanol–water partition coefficient (Wildman–Crippen LogP) is 2.97. The molecule has 0 bridgehead atoms. The van der Waals surface area contributed by atoms with Gasteiger partial charge in [-0.2, -0.15) is 0 Å². The molecule has 1 aromatic carbocycles. The molecule has 0 spiro atoms. The van der Waals surface area contributed by atoms with E-state index >= 15 is 0 Å². The topological polar surface area (TPSA) is 56.9 Å². The number of hydrogen-bond acceptors (Lipinski definition) is 2. The molecule has 4 nitrogen and oxygen atoms in total. The number of aromatic amines is 1. The highest BCUT2D eigenvalue weighted by molar-refractivity contribution is 6.31. The third-order valence-corrected chi connectivity index (χ3v) is 3.98. The summed E-state index contributed by atoms with van der Waals surface area (Å²) in [6, 6.07) is 6.34. The predicted molar refractivity (Wildman–Crippen MR) is 85.4 cm³/mol. The molecule has 1 aliphatic rings. The zero-order valence-electron chi connectivity index (χ0n) is 11.9. The zero-order valence-corrected chi connectivity index (χ0v) is 12.7. The monoisotopic (exact) mass is 305 g/mol. The Morgan fingerprint density at radius 2 is 2.24 bits per heavy atom. The summed E-state index contributed by atoms with van der Waals surface area (Å²) in [5.41, 5.74) is 2.28. The van der Waals surface area contributed by atoms with Crippen LogP contribution in [0.5, 0.6) is 0 Å². The zero-order chi connectivity index (χ0) is 14.7. The first-order chi connectivity index (χ1) is 10.2. The highest BCUT2D eigenvalue weighted by atomic mass is 35.5. The maximum absolute atomic E-state index is 11.5. The quantitative estimate of drug-likeness (QED) is 0.689. The normalized spacial score (nSPS) is 14.5. The lowest BCUT2D eigenvalue weighted by atomic mass is 10.2. The second-order valence-electron chi connectivity index (χ2n) is 5.63. The first-order valence-corrected chi connectivity index (χ1v) is 7.86. The lowest BCUT2D eigenvalue weighted by Crippen LogP contribution is -2.26. The summed E-state index contributed by atoms with van der Waals surface area (Å²) in [5.74, 6) is 0.182. The van der Waals surface area contributed by atoms with Gasteiger partial charge in [-0.1, -0.05) is 17.7 Å². The summed E-state index contributed by atoms with van der Waals surface area (Å²) < 4.78 is 0. The van der Waals surface area contributed by atoms with E-state index in [2.05, 4.69) is 15.6 Å². The van der Waals surface area contributed by atoms with E-state index in [1.807, 2.05) is 24.4 Å². The van der Waals surface area contributed by atoms with Crippen LogP contribution in [0, 0.1) is 0 Å². The highest BCUT2D eigenvalue weighted by Gasteiger charge is 2.22. The van der Waals surface area contributed by atoms with Crippen molar-refractivity contribution in [3.8, 4) is 0 Å². The van der Waals surface area contributed by atoms with Crippen LogP contribution in [0.2, 0.25) is 5.02 Å². The average molecular weight is 306 g/mol. The average Bonchev–Trinajstić information content (AvgIpc) is 3.18. The van der Waals surface area contributed by atoms with E-state index in [0.29, 0.717) is 12.5 Å². The van der Waals surface area contributed by atoms with E-state index in [4.69, 9.17) is 11.6 Å². The molecular weight excluding hydrogens is 286 g/mol. The molecule has 1 fully saturated rings. The molecule has 1 amide bonds. The standard InChI is InChI=1S/C16H20ClN3O/c17-12-3-6-14-11(10-19-15(14)8-12)9-18-7-1-2-16(21)20-13-4-5-13/h3,6,8,10,13,18-19H,1-2,4-5,7,9H2,(H,20,21). The summed E-state index contributed by atoms with van der Waals surface area (Å²) in [5, 5.41) is 8.32. The second kappa shape index (κ2) is 6.50. The Hall–Kier alpha value is -1.52. The minimum absolute atomic E-state index is 0.182. The van der Waals surface area contributed by atoms with Crippen LogP contribution >= 0.6 is 11.6 Å². The van der Waals surface area contributed by atoms with Gasteiger partial charge in [-0.05, 0) is 43.5 Å². The molecule has 0 aliphatic heterocycles. The van der Waals surface area contributed by atoms with Crippen molar-refractivity contribution in [2.45, 2.75) is 38.3 Å². The van der Waals surface area contributed by atoms with E-state index in [1.165, 1.54) is 10.9 Å². The van der Waals surface area contributed by atoms with Crippen molar-refractivity contribution in [2.24, 2.45) is 0 Å². The van der Waals surface area contributed by atoms with E-state index in [1.54, 1.807) is 0 Å². The second-order valence-corrected chi connectivity index (χ2v) is 6.06. The van der Waals surface area contributed by atoms with Crippen molar-refractivity contribution in [1.82, 2.24) is 15.6 Å². The van der Waals surface area contributed by atoms with Gasteiger partial charge in [-0.3, -0.25) is 4.79 Å². The molecule has 112 valence electrons. The van der Waals surface area contributed by atoms with E-state index in [0.717, 1.165) is 42.9 Å². The van der Waals surface area contributed by atoms with E-state index in [-0.39, 0.29) is 5.91 Å². The van der Waals surface area contributed by atoms with Crippen LogP contribution in [0.15, 0.2) is 24.4 Å². The Balaban J connectivity index is 1.41. The molecule has 1 heterocycles. The van der Waals surface area contributed by atoms with Gasteiger partial charge in [0.15, 0.2) is 0 Å². The van der Waals surface area contributed by atoms with Gasteiger partial charge in [-0.15, -0.1) is 0 Å². The van der Waals surface area contributed by atoms with Gasteiger partial charge in [0.2, 0.25) is 5.91 Å². The lowest BCUT2D eigenvalue weighted by Gasteiger charge is -2.05. The molecule has 2 aromatic rings. The number of H-pyrrole nitrogens is 1. The maximum Gasteiger partial charge on any atom is 0.220 e. The van der Waals surface area contributed by atoms with Crippen LogP contribution in [-0.2, 0) is 11.3 Å². The molecule has 5 heteroatoms. The van der Waals surface area contributed by atoms with Gasteiger partial charge in [0.25, 0.3) is 0 Å². The molecule has 1 saturated carbocycles. The largest absolute Gasteiger partial charge is 0.361 e. The molecular formula is C16H20ClN3O. The molecule has 0 saturated heterocycles. The first-order valence-electron chi connectivity index (χ1n) is 7.48. The van der Waals surface area contributed by atoms with Gasteiger partial charge >= 0.3 is 0 Å². The fraction of sp³-hybridized carbons (Fsp3) is 0.438. The summed E-state index contributed by atoms with van der Waals surface area (Å²) in [4.78, 5) is 14.8. The van der Waals surface area contributed by atoms with Crippen LogP contribution in [0.1, 0.15) is 31.2 Å². The molecule has 0 unspecified atom stereocenters. The minimum Gasteiger partial charge on any atom is -0.361 e. The fourth-order valence-electron chi connectivity index (χ4n) is 2.43. The molecule has 0 atom stereocenters. The number of benzene rings is 1. The molecule has 21 heavy (non-hydrogen) atoms. The Morgan fingerprint density at radius 1 is 1.38 bits per heavy atom. The number of nitrogens with one attached hydrogen (secondary N) is 3. The number of halogens is 1. The number of fused-ring (bicyclic) bond motifs is 1. The third kappa shape index (κ3) is 3.99. The van der Waals surface area contributed by atoms with Crippen molar-refractivity contribution in [3.63, 3.8) is 0 Å². The van der Waals surface area contributed by atoms with Crippen LogP contribution in [0.3, 0.4) is 0 Å². The Labute approximate surface area is 129 Å². The summed E-state index contributed by atoms with van der Waals surface area (Å²) in [6.07, 6.45) is 5.77. The van der Waals surface area contributed by atoms with Gasteiger partial charge < -0.3 is 15.6 Å². The Bertz CT molecular complexity index is 633. The number of amides is 1. The lowest BCUT2D eigenvalue weighted by molar-refractivity contribution is -0.121. The van der Waals surface area contributed by atoms with Crippen molar-refractivity contribution in [2.75, 3.05) is 6.54 Å². The van der Waals surface area contributed by atoms with E-state index in [9.17, 15) is 4.79 Å². The SMILES string of the molecule is O=C(CCCNCc1c[nH]c2cc(Cl)ccc12)NC1CC1. The van der Waals surface area contributed by atoms with Gasteiger partial charge in [0.05, 0.1) is 0 Å². The van der Waals surface area contributed by atoms with Crippen LogP contribution in [0.4, 0.5) is 0 Å².